The van der Waals surface area contributed by atoms with Gasteiger partial charge < -0.3 is 9.47 Å². The van der Waals surface area contributed by atoms with Crippen molar-refractivity contribution in [1.29, 1.82) is 0 Å². The van der Waals surface area contributed by atoms with E-state index in [4.69, 9.17) is 10.8 Å². The van der Waals surface area contributed by atoms with E-state index in [9.17, 15) is 0 Å². The number of ether oxygens (including phenoxy) is 2. The third kappa shape index (κ3) is 4.11. The van der Waals surface area contributed by atoms with Crippen LogP contribution in [0, 0.1) is 0 Å². The van der Waals surface area contributed by atoms with Crippen molar-refractivity contribution in [2.24, 2.45) is 0 Å². The highest BCUT2D eigenvalue weighted by Gasteiger charge is 2.36. The van der Waals surface area contributed by atoms with Crippen molar-refractivity contribution in [3.8, 4) is 0 Å². The van der Waals surface area contributed by atoms with Crippen LogP contribution in [0.1, 0.15) is 35.0 Å². The molecule has 0 saturated carbocycles. The van der Waals surface area contributed by atoms with Crippen LogP contribution in [0.5, 0.6) is 0 Å². The Hall–Kier alpha value is 0.137. The van der Waals surface area contributed by atoms with Gasteiger partial charge in [0, 0.05) is 28.1 Å². The second kappa shape index (κ2) is 7.43. The average Bonchev–Trinajstić information content (AvgIpc) is 2.13. The lowest BCUT2D eigenvalue weighted by Crippen LogP contribution is -2.48. The molecule has 0 aliphatic rings. The van der Waals surface area contributed by atoms with E-state index in [0.29, 0.717) is 0 Å². The fourth-order valence-corrected chi connectivity index (χ4v) is 5.38. The molecule has 0 aromatic heterocycles. The standard InChI is InChI=1S/C11H26O2Si/c1-6-7-8-14(9-12-4,10-13-5)11(2)3/h11H,6-10H2,1-5H3/i11T. The second-order valence-electron chi connectivity index (χ2n) is 4.25. The Morgan fingerprint density at radius 1 is 1.21 bits per heavy atom. The quantitative estimate of drug-likeness (QED) is 0.585. The van der Waals surface area contributed by atoms with Gasteiger partial charge in [-0.05, 0) is 5.52 Å². The summed E-state index contributed by atoms with van der Waals surface area (Å²) in [5, 5.41) is 0. The zero-order valence-corrected chi connectivity index (χ0v) is 11.4. The van der Waals surface area contributed by atoms with Crippen molar-refractivity contribution in [2.75, 3.05) is 26.7 Å². The molecule has 0 amide bonds. The summed E-state index contributed by atoms with van der Waals surface area (Å²) in [5.41, 5.74) is -0.395. The minimum Gasteiger partial charge on any atom is -0.388 e. The van der Waals surface area contributed by atoms with Gasteiger partial charge in [0.15, 0.2) is 0 Å². The van der Waals surface area contributed by atoms with E-state index < -0.39 is 13.6 Å². The number of unbranched alkanes of at least 4 members (excludes halogenated alkanes) is 1. The molecule has 0 aromatic carbocycles. The van der Waals surface area contributed by atoms with Crippen LogP contribution in [0.2, 0.25) is 11.6 Å². The van der Waals surface area contributed by atoms with Gasteiger partial charge in [-0.1, -0.05) is 39.7 Å². The first kappa shape index (κ1) is 12.2. The number of hydrogen-bond acceptors (Lipinski definition) is 2. The summed E-state index contributed by atoms with van der Waals surface area (Å²) in [6.45, 7) is 6.20. The Morgan fingerprint density at radius 2 is 1.71 bits per heavy atom. The first-order valence-electron chi connectivity index (χ1n) is 5.91. The Bertz CT molecular complexity index is 162. The van der Waals surface area contributed by atoms with Crippen molar-refractivity contribution in [2.45, 2.75) is 45.2 Å². The lowest BCUT2D eigenvalue weighted by Gasteiger charge is -2.34. The molecule has 0 heterocycles. The van der Waals surface area contributed by atoms with E-state index in [0.717, 1.165) is 18.5 Å². The molecule has 0 aliphatic heterocycles. The Balaban J connectivity index is 4.72. The molecular weight excluding hydrogens is 192 g/mol. The van der Waals surface area contributed by atoms with E-state index in [-0.39, 0.29) is 0 Å². The number of hydrogen-bond donors (Lipinski definition) is 0. The van der Waals surface area contributed by atoms with Gasteiger partial charge >= 0.3 is 0 Å². The minimum atomic E-state index is -1.80. The lowest BCUT2D eigenvalue weighted by molar-refractivity contribution is 0.213. The Kier molecular flexibility index (Phi) is 6.48. The third-order valence-electron chi connectivity index (χ3n) is 2.91. The van der Waals surface area contributed by atoms with E-state index in [1.165, 1.54) is 12.8 Å². The molecule has 0 fully saturated rings. The van der Waals surface area contributed by atoms with Crippen LogP contribution < -0.4 is 0 Å². The largest absolute Gasteiger partial charge is 0.388 e. The molecule has 0 spiro atoms. The third-order valence-corrected chi connectivity index (χ3v) is 8.03. The van der Waals surface area contributed by atoms with Gasteiger partial charge in [0.05, 0.1) is 0 Å². The van der Waals surface area contributed by atoms with Crippen molar-refractivity contribution >= 4 is 8.07 Å². The van der Waals surface area contributed by atoms with Crippen LogP contribution in [0.4, 0.5) is 0 Å². The minimum absolute atomic E-state index is 0.395. The molecule has 0 rings (SSSR count). The zero-order valence-electron chi connectivity index (χ0n) is 11.4. The fourth-order valence-electron chi connectivity index (χ4n) is 1.79. The molecule has 0 aliphatic carbocycles. The van der Waals surface area contributed by atoms with Crippen LogP contribution in [-0.4, -0.2) is 34.8 Å². The van der Waals surface area contributed by atoms with Gasteiger partial charge in [0.2, 0.25) is 0 Å². The van der Waals surface area contributed by atoms with Crippen LogP contribution in [0.15, 0.2) is 0 Å². The van der Waals surface area contributed by atoms with Crippen molar-refractivity contribution in [1.82, 2.24) is 0 Å². The summed E-state index contributed by atoms with van der Waals surface area (Å²) >= 11 is 0. The van der Waals surface area contributed by atoms with Gasteiger partial charge in [0.1, 0.15) is 8.07 Å². The first-order chi connectivity index (χ1) is 6.93. The van der Waals surface area contributed by atoms with Crippen molar-refractivity contribution in [3.05, 3.63) is 0 Å². The lowest BCUT2D eigenvalue weighted by atomic mass is 10.4. The van der Waals surface area contributed by atoms with E-state index in [1.807, 2.05) is 13.8 Å². The highest BCUT2D eigenvalue weighted by molar-refractivity contribution is 6.81. The van der Waals surface area contributed by atoms with Crippen LogP contribution in [0.25, 0.3) is 0 Å². The average molecular weight is 220 g/mol. The molecule has 0 bridgehead atoms. The van der Waals surface area contributed by atoms with E-state index in [2.05, 4.69) is 6.92 Å². The molecule has 0 saturated heterocycles. The Morgan fingerprint density at radius 3 is 2.00 bits per heavy atom. The summed E-state index contributed by atoms with van der Waals surface area (Å²) in [4.78, 5) is 0. The molecule has 14 heavy (non-hydrogen) atoms. The molecular formula is C11H26O2Si. The maximum atomic E-state index is 8.32. The topological polar surface area (TPSA) is 18.5 Å². The maximum absolute atomic E-state index is 8.32. The molecule has 2 nitrogen and oxygen atoms in total. The normalized spacial score (nSPS) is 14.2. The smallest absolute Gasteiger partial charge is 0.115 e. The second-order valence-corrected chi connectivity index (χ2v) is 8.89. The van der Waals surface area contributed by atoms with E-state index in [1.54, 1.807) is 14.2 Å². The van der Waals surface area contributed by atoms with Crippen molar-refractivity contribution in [3.63, 3.8) is 0 Å². The van der Waals surface area contributed by atoms with Gasteiger partial charge in [-0.2, -0.15) is 0 Å². The maximum Gasteiger partial charge on any atom is 0.115 e. The summed E-state index contributed by atoms with van der Waals surface area (Å²) in [6.07, 6.45) is 3.83. The molecule has 0 N–H and O–H groups in total. The van der Waals surface area contributed by atoms with E-state index >= 15 is 0 Å². The highest BCUT2D eigenvalue weighted by atomic mass is 28.3. The van der Waals surface area contributed by atoms with Gasteiger partial charge in [0.25, 0.3) is 0 Å². The predicted octanol–water partition coefficient (Wildman–Crippen LogP) is 3.02. The van der Waals surface area contributed by atoms with Crippen molar-refractivity contribution < 1.29 is 10.8 Å². The monoisotopic (exact) mass is 220 g/mol. The summed E-state index contributed by atoms with van der Waals surface area (Å²) in [5.74, 6) is 0. The molecule has 0 atom stereocenters. The van der Waals surface area contributed by atoms with Gasteiger partial charge in [-0.25, -0.2) is 0 Å². The SMILES string of the molecule is [3H]C(C)(C)[Si](CCCC)(COC)COC. The highest BCUT2D eigenvalue weighted by Crippen LogP contribution is 2.27. The molecule has 86 valence electrons. The zero-order chi connectivity index (χ0) is 11.9. The summed E-state index contributed by atoms with van der Waals surface area (Å²) in [7, 11) is 1.67. The molecule has 3 heteroatoms. The molecule has 0 radical (unpaired) electrons. The Labute approximate surface area is 91.4 Å². The number of methoxy groups -OCH3 is 2. The molecule has 0 aromatic rings. The number of rotatable bonds is 8. The molecule has 0 unspecified atom stereocenters. The summed E-state index contributed by atoms with van der Waals surface area (Å²) in [6, 6.07) is 1.13. The van der Waals surface area contributed by atoms with Crippen LogP contribution in [0.3, 0.4) is 0 Å². The van der Waals surface area contributed by atoms with Gasteiger partial charge in [-0.3, -0.25) is 0 Å². The summed E-state index contributed by atoms with van der Waals surface area (Å²) < 4.78 is 19.0. The predicted molar refractivity (Wildman–Crippen MR) is 64.3 cm³/mol. The van der Waals surface area contributed by atoms with Crippen LogP contribution in [-0.2, 0) is 9.47 Å². The fraction of sp³-hybridized carbons (Fsp3) is 1.00. The van der Waals surface area contributed by atoms with Gasteiger partial charge in [-0.15, -0.1) is 0 Å². The first-order valence-corrected chi connectivity index (χ1v) is 8.03. The van der Waals surface area contributed by atoms with Crippen LogP contribution >= 0.6 is 0 Å².